The number of nitrogens with zero attached hydrogens (tertiary/aromatic N) is 5. The van der Waals surface area contributed by atoms with E-state index in [1.54, 1.807) is 24.3 Å². The number of amides is 1. The molecule has 1 atom stereocenters. The summed E-state index contributed by atoms with van der Waals surface area (Å²) in [6.45, 7) is 5.56. The van der Waals surface area contributed by atoms with Crippen molar-refractivity contribution in [1.82, 2.24) is 25.1 Å². The standard InChI is InChI=1S/C28H32N6O2/c1-19-23(20(2)32-31-19)15-21-5-7-22(8-6-21)27(35)33(3)17-28(36)11-4-14-34(18-28)26-10-13-30-25-9-12-29-16-24(25)26/h5-10,12-13,16,36H,4,11,14-15,17-18H2,1-3H3,(H,31,32)/t28-/m1/s1. The highest BCUT2D eigenvalue weighted by atomic mass is 16.3. The predicted molar refractivity (Wildman–Crippen MR) is 140 cm³/mol. The van der Waals surface area contributed by atoms with E-state index in [1.165, 1.54) is 5.56 Å². The van der Waals surface area contributed by atoms with Crippen LogP contribution in [-0.4, -0.2) is 68.4 Å². The van der Waals surface area contributed by atoms with E-state index in [4.69, 9.17) is 0 Å². The number of β-amino-alcohol motifs (C(OH)–C–C–N with tert-alkyl or cyclic N) is 1. The maximum atomic E-state index is 13.2. The average Bonchev–Trinajstić information content (AvgIpc) is 3.20. The third-order valence-corrected chi connectivity index (χ3v) is 7.16. The van der Waals surface area contributed by atoms with Crippen molar-refractivity contribution in [2.75, 3.05) is 31.6 Å². The van der Waals surface area contributed by atoms with Crippen molar-refractivity contribution in [3.63, 3.8) is 0 Å². The van der Waals surface area contributed by atoms with E-state index >= 15 is 0 Å². The number of hydrogen-bond donors (Lipinski definition) is 2. The van der Waals surface area contributed by atoms with Gasteiger partial charge in [0.15, 0.2) is 0 Å². The molecule has 1 aromatic carbocycles. The Bertz CT molecular complexity index is 1360. The van der Waals surface area contributed by atoms with Crippen LogP contribution in [0, 0.1) is 13.8 Å². The number of rotatable bonds is 6. The first-order valence-corrected chi connectivity index (χ1v) is 12.3. The lowest BCUT2D eigenvalue weighted by Gasteiger charge is -2.42. The van der Waals surface area contributed by atoms with Crippen molar-refractivity contribution in [2.45, 2.75) is 38.7 Å². The number of carbonyl (C=O) groups is 1. The molecule has 0 radical (unpaired) electrons. The van der Waals surface area contributed by atoms with Crippen LogP contribution >= 0.6 is 0 Å². The van der Waals surface area contributed by atoms with Gasteiger partial charge in [0, 0.05) is 73.0 Å². The van der Waals surface area contributed by atoms with Gasteiger partial charge in [0.25, 0.3) is 5.91 Å². The Morgan fingerprint density at radius 2 is 1.97 bits per heavy atom. The van der Waals surface area contributed by atoms with Crippen LogP contribution in [-0.2, 0) is 6.42 Å². The first-order chi connectivity index (χ1) is 17.3. The maximum Gasteiger partial charge on any atom is 0.253 e. The molecule has 4 heterocycles. The van der Waals surface area contributed by atoms with Gasteiger partial charge >= 0.3 is 0 Å². The molecule has 4 aromatic rings. The normalized spacial score (nSPS) is 17.9. The first-order valence-electron chi connectivity index (χ1n) is 12.3. The largest absolute Gasteiger partial charge is 0.386 e. The minimum atomic E-state index is -1.00. The smallest absolute Gasteiger partial charge is 0.253 e. The molecular formula is C28H32N6O2. The van der Waals surface area contributed by atoms with Gasteiger partial charge in [-0.05, 0) is 56.5 Å². The van der Waals surface area contributed by atoms with Crippen molar-refractivity contribution in [3.8, 4) is 0 Å². The highest BCUT2D eigenvalue weighted by molar-refractivity contribution is 5.94. The van der Waals surface area contributed by atoms with E-state index in [0.29, 0.717) is 18.5 Å². The predicted octanol–water partition coefficient (Wildman–Crippen LogP) is 3.66. The molecule has 8 heteroatoms. The van der Waals surface area contributed by atoms with Crippen molar-refractivity contribution in [1.29, 1.82) is 0 Å². The summed E-state index contributed by atoms with van der Waals surface area (Å²) < 4.78 is 0. The van der Waals surface area contributed by atoms with Crippen molar-refractivity contribution in [3.05, 3.63) is 83.1 Å². The number of benzene rings is 1. The van der Waals surface area contributed by atoms with Crippen LogP contribution < -0.4 is 4.90 Å². The van der Waals surface area contributed by atoms with Crippen LogP contribution in [0.3, 0.4) is 0 Å². The summed E-state index contributed by atoms with van der Waals surface area (Å²) in [5, 5.41) is 19.8. The Morgan fingerprint density at radius 3 is 2.72 bits per heavy atom. The topological polar surface area (TPSA) is 98.2 Å². The third-order valence-electron chi connectivity index (χ3n) is 7.16. The Hall–Kier alpha value is -3.78. The van der Waals surface area contributed by atoms with Gasteiger partial charge in [-0.3, -0.25) is 19.9 Å². The zero-order valence-electron chi connectivity index (χ0n) is 21.0. The Morgan fingerprint density at radius 1 is 1.17 bits per heavy atom. The number of piperidine rings is 1. The lowest BCUT2D eigenvalue weighted by Crippen LogP contribution is -2.54. The maximum absolute atomic E-state index is 13.2. The number of fused-ring (bicyclic) bond motifs is 1. The average molecular weight is 485 g/mol. The van der Waals surface area contributed by atoms with E-state index < -0.39 is 5.60 Å². The summed E-state index contributed by atoms with van der Waals surface area (Å²) in [7, 11) is 1.76. The van der Waals surface area contributed by atoms with Crippen molar-refractivity contribution in [2.24, 2.45) is 0 Å². The minimum absolute atomic E-state index is 0.0960. The summed E-state index contributed by atoms with van der Waals surface area (Å²) in [6.07, 6.45) is 7.60. The zero-order chi connectivity index (χ0) is 25.3. The molecule has 1 aliphatic rings. The van der Waals surface area contributed by atoms with Gasteiger partial charge in [0.2, 0.25) is 0 Å². The molecule has 36 heavy (non-hydrogen) atoms. The van der Waals surface area contributed by atoms with Gasteiger partial charge in [-0.2, -0.15) is 5.10 Å². The highest BCUT2D eigenvalue weighted by Crippen LogP contribution is 2.31. The molecule has 186 valence electrons. The Labute approximate surface area is 211 Å². The number of H-pyrrole nitrogens is 1. The van der Waals surface area contributed by atoms with Crippen LogP contribution in [0.15, 0.2) is 55.0 Å². The summed E-state index contributed by atoms with van der Waals surface area (Å²) in [5.41, 5.74) is 5.89. The van der Waals surface area contributed by atoms with Crippen LogP contribution in [0.5, 0.6) is 0 Å². The SMILES string of the molecule is Cc1n[nH]c(C)c1Cc1ccc(C(=O)N(C)C[C@]2(O)CCCN(c3ccnc4ccncc34)C2)cc1. The lowest BCUT2D eigenvalue weighted by atomic mass is 9.91. The molecule has 1 fully saturated rings. The molecule has 1 saturated heterocycles. The lowest BCUT2D eigenvalue weighted by molar-refractivity contribution is 0.0000676. The van der Waals surface area contributed by atoms with Gasteiger partial charge in [0.1, 0.15) is 0 Å². The monoisotopic (exact) mass is 484 g/mol. The number of nitrogens with one attached hydrogen (secondary N) is 1. The van der Waals surface area contributed by atoms with Crippen LogP contribution in [0.25, 0.3) is 10.9 Å². The number of aryl methyl sites for hydroxylation is 2. The van der Waals surface area contributed by atoms with Gasteiger partial charge < -0.3 is 14.9 Å². The van der Waals surface area contributed by atoms with E-state index in [1.807, 2.05) is 56.4 Å². The molecule has 3 aromatic heterocycles. The number of aromatic nitrogens is 4. The second-order valence-electron chi connectivity index (χ2n) is 9.92. The molecule has 8 nitrogen and oxygen atoms in total. The summed E-state index contributed by atoms with van der Waals surface area (Å²) in [4.78, 5) is 25.7. The quantitative estimate of drug-likeness (QED) is 0.433. The number of carbonyl (C=O) groups excluding carboxylic acids is 1. The number of pyridine rings is 2. The van der Waals surface area contributed by atoms with Crippen molar-refractivity contribution >= 4 is 22.5 Å². The zero-order valence-corrected chi connectivity index (χ0v) is 21.0. The second-order valence-corrected chi connectivity index (χ2v) is 9.92. The van der Waals surface area contributed by atoms with Gasteiger partial charge in [-0.1, -0.05) is 12.1 Å². The molecule has 5 rings (SSSR count). The highest BCUT2D eigenvalue weighted by Gasteiger charge is 2.36. The van der Waals surface area contributed by atoms with Crippen LogP contribution in [0.1, 0.15) is 45.7 Å². The molecule has 1 aliphatic heterocycles. The number of likely N-dealkylation sites (N-methyl/N-ethyl adjacent to an activating group) is 1. The molecule has 0 spiro atoms. The number of hydrogen-bond acceptors (Lipinski definition) is 6. The second kappa shape index (κ2) is 9.70. The van der Waals surface area contributed by atoms with Crippen LogP contribution in [0.2, 0.25) is 0 Å². The fraction of sp³-hybridized carbons (Fsp3) is 0.357. The summed E-state index contributed by atoms with van der Waals surface area (Å²) in [5.74, 6) is -0.0960. The van der Waals surface area contributed by atoms with Gasteiger partial charge in [-0.25, -0.2) is 0 Å². The Balaban J connectivity index is 1.26. The first kappa shape index (κ1) is 23.9. The van der Waals surface area contributed by atoms with Gasteiger partial charge in [0.05, 0.1) is 23.4 Å². The fourth-order valence-corrected chi connectivity index (χ4v) is 5.24. The van der Waals surface area contributed by atoms with E-state index in [9.17, 15) is 9.90 Å². The van der Waals surface area contributed by atoms with Crippen LogP contribution in [0.4, 0.5) is 5.69 Å². The van der Waals surface area contributed by atoms with Gasteiger partial charge in [-0.15, -0.1) is 0 Å². The molecule has 0 saturated carbocycles. The fourth-order valence-electron chi connectivity index (χ4n) is 5.24. The summed E-state index contributed by atoms with van der Waals surface area (Å²) in [6, 6.07) is 11.6. The van der Waals surface area contributed by atoms with E-state index in [0.717, 1.165) is 52.9 Å². The molecule has 2 N–H and O–H groups in total. The van der Waals surface area contributed by atoms with E-state index in [-0.39, 0.29) is 12.5 Å². The summed E-state index contributed by atoms with van der Waals surface area (Å²) >= 11 is 0. The molecule has 0 unspecified atom stereocenters. The molecule has 0 aliphatic carbocycles. The Kier molecular flexibility index (Phi) is 6.45. The van der Waals surface area contributed by atoms with Crippen molar-refractivity contribution < 1.29 is 9.90 Å². The molecule has 0 bridgehead atoms. The number of aliphatic hydroxyl groups is 1. The molecule has 1 amide bonds. The van der Waals surface area contributed by atoms with E-state index in [2.05, 4.69) is 25.1 Å². The number of aromatic amines is 1. The number of anilines is 1. The minimum Gasteiger partial charge on any atom is -0.386 e. The third kappa shape index (κ3) is 4.81. The molecular weight excluding hydrogens is 452 g/mol.